The molecule has 0 radical (unpaired) electrons. The van der Waals surface area contributed by atoms with Gasteiger partial charge in [-0.2, -0.15) is 5.26 Å². The fourth-order valence-corrected chi connectivity index (χ4v) is 5.35. The molecule has 3 atom stereocenters. The van der Waals surface area contributed by atoms with Crippen LogP contribution in [-0.2, 0) is 16.6 Å². The largest absolute Gasteiger partial charge is 0.497 e. The maximum Gasteiger partial charge on any atom is 0.179 e. The van der Waals surface area contributed by atoms with Crippen LogP contribution in [0.2, 0.25) is 0 Å². The summed E-state index contributed by atoms with van der Waals surface area (Å²) in [5, 5.41) is 9.59. The van der Waals surface area contributed by atoms with Crippen molar-refractivity contribution in [2.75, 3.05) is 13.7 Å². The molecule has 1 aliphatic heterocycles. The van der Waals surface area contributed by atoms with E-state index in [1.165, 1.54) is 11.1 Å². The highest BCUT2D eigenvalue weighted by molar-refractivity contribution is 5.87. The molecule has 0 N–H and O–H groups in total. The van der Waals surface area contributed by atoms with E-state index < -0.39 is 0 Å². The Morgan fingerprint density at radius 1 is 1.38 bits per heavy atom. The number of ketones is 1. The number of benzene rings is 1. The van der Waals surface area contributed by atoms with Crippen LogP contribution in [0.5, 0.6) is 5.75 Å². The average molecular weight is 324 g/mol. The van der Waals surface area contributed by atoms with Gasteiger partial charge in [-0.15, -0.1) is 0 Å². The maximum absolute atomic E-state index is 12.9. The van der Waals surface area contributed by atoms with E-state index in [-0.39, 0.29) is 16.9 Å². The van der Waals surface area contributed by atoms with Crippen LogP contribution in [0, 0.1) is 22.8 Å². The topological polar surface area (TPSA) is 53.3 Å². The summed E-state index contributed by atoms with van der Waals surface area (Å²) in [6.07, 6.45) is 5.64. The van der Waals surface area contributed by atoms with Gasteiger partial charge in [0.25, 0.3) is 0 Å². The summed E-state index contributed by atoms with van der Waals surface area (Å²) in [5.41, 5.74) is 2.17. The van der Waals surface area contributed by atoms with Crippen molar-refractivity contribution in [3.05, 3.63) is 29.3 Å². The number of nitriles is 1. The molecule has 2 bridgehead atoms. The number of carbonyl (C=O) groups is 1. The predicted octanol–water partition coefficient (Wildman–Crippen LogP) is 3.05. The van der Waals surface area contributed by atoms with E-state index in [4.69, 9.17) is 4.74 Å². The zero-order valence-electron chi connectivity index (χ0n) is 14.6. The first-order chi connectivity index (χ1) is 11.4. The van der Waals surface area contributed by atoms with Gasteiger partial charge in [0, 0.05) is 29.8 Å². The molecule has 4 nitrogen and oxygen atoms in total. The van der Waals surface area contributed by atoms with Crippen molar-refractivity contribution < 1.29 is 9.53 Å². The highest BCUT2D eigenvalue weighted by Crippen LogP contribution is 2.58. The maximum atomic E-state index is 12.9. The van der Waals surface area contributed by atoms with Crippen molar-refractivity contribution in [3.63, 3.8) is 0 Å². The molecule has 4 heteroatoms. The molecular weight excluding hydrogens is 300 g/mol. The average Bonchev–Trinajstić information content (AvgIpc) is 2.55. The van der Waals surface area contributed by atoms with Crippen LogP contribution < -0.4 is 4.74 Å². The Kier molecular flexibility index (Phi) is 3.22. The second-order valence-corrected chi connectivity index (χ2v) is 8.29. The Labute approximate surface area is 143 Å². The number of hydrogen-bond acceptors (Lipinski definition) is 4. The Morgan fingerprint density at radius 3 is 2.88 bits per heavy atom. The molecule has 126 valence electrons. The van der Waals surface area contributed by atoms with Crippen LogP contribution in [0.25, 0.3) is 0 Å². The lowest BCUT2D eigenvalue weighted by Gasteiger charge is -2.59. The van der Waals surface area contributed by atoms with Gasteiger partial charge in [0.05, 0.1) is 7.11 Å². The number of ether oxygens (including phenoxy) is 1. The molecule has 0 unspecified atom stereocenters. The molecule has 1 aromatic rings. The third-order valence-electron chi connectivity index (χ3n) is 6.75. The van der Waals surface area contributed by atoms with Crippen LogP contribution in [0.4, 0.5) is 0 Å². The smallest absolute Gasteiger partial charge is 0.179 e. The monoisotopic (exact) mass is 324 g/mol. The Bertz CT molecular complexity index is 748. The molecule has 1 saturated carbocycles. The van der Waals surface area contributed by atoms with E-state index in [0.29, 0.717) is 18.1 Å². The number of methoxy groups -OCH3 is 1. The number of carbonyl (C=O) groups excluding carboxylic acids is 1. The van der Waals surface area contributed by atoms with Crippen molar-refractivity contribution in [3.8, 4) is 11.9 Å². The fourth-order valence-electron chi connectivity index (χ4n) is 5.35. The van der Waals surface area contributed by atoms with Crippen LogP contribution >= 0.6 is 0 Å². The zero-order chi connectivity index (χ0) is 17.1. The van der Waals surface area contributed by atoms with E-state index in [1.54, 1.807) is 7.11 Å². The molecule has 1 saturated heterocycles. The van der Waals surface area contributed by atoms with Gasteiger partial charge in [-0.3, -0.25) is 4.79 Å². The lowest BCUT2D eigenvalue weighted by atomic mass is 9.48. The van der Waals surface area contributed by atoms with E-state index in [1.807, 2.05) is 11.0 Å². The number of hydrogen-bond donors (Lipinski definition) is 0. The van der Waals surface area contributed by atoms with Crippen molar-refractivity contribution in [1.29, 1.82) is 5.26 Å². The van der Waals surface area contributed by atoms with Gasteiger partial charge in [0.2, 0.25) is 0 Å². The number of likely N-dealkylation sites (tertiary alicyclic amines) is 1. The van der Waals surface area contributed by atoms with Gasteiger partial charge in [0.1, 0.15) is 11.5 Å². The normalized spacial score (nSPS) is 33.2. The van der Waals surface area contributed by atoms with Crippen LogP contribution in [0.1, 0.15) is 44.2 Å². The minimum atomic E-state index is -0.290. The summed E-state index contributed by atoms with van der Waals surface area (Å²) in [6.45, 7) is 4.88. The van der Waals surface area contributed by atoms with Gasteiger partial charge >= 0.3 is 0 Å². The van der Waals surface area contributed by atoms with Crippen LogP contribution in [0.3, 0.4) is 0 Å². The van der Waals surface area contributed by atoms with Crippen molar-refractivity contribution >= 4 is 5.78 Å². The first kappa shape index (κ1) is 15.5. The molecule has 3 aliphatic rings. The molecule has 0 aromatic heterocycles. The summed E-state index contributed by atoms with van der Waals surface area (Å²) >= 11 is 0. The molecule has 24 heavy (non-hydrogen) atoms. The lowest BCUT2D eigenvalue weighted by molar-refractivity contribution is -0.138. The van der Waals surface area contributed by atoms with E-state index in [9.17, 15) is 10.1 Å². The van der Waals surface area contributed by atoms with Gasteiger partial charge in [0.15, 0.2) is 6.19 Å². The highest BCUT2D eigenvalue weighted by Gasteiger charge is 2.59. The number of nitrogens with zero attached hydrogens (tertiary/aromatic N) is 2. The summed E-state index contributed by atoms with van der Waals surface area (Å²) < 4.78 is 5.46. The lowest BCUT2D eigenvalue weighted by Crippen LogP contribution is -2.63. The standard InChI is InChI=1S/C20H24N2O2/c1-19(2)10-16-17-8-13-4-5-14(24-3)9-15(13)20(16,11-18(19)23)6-7-22(17)12-21/h4-5,9,16-17H,6-8,10-11H2,1-3H3/t16-,17+,20+/m0/s1. The molecule has 2 fully saturated rings. The van der Waals surface area contributed by atoms with Gasteiger partial charge in [-0.1, -0.05) is 19.9 Å². The molecular formula is C20H24N2O2. The first-order valence-corrected chi connectivity index (χ1v) is 8.78. The zero-order valence-corrected chi connectivity index (χ0v) is 14.6. The number of rotatable bonds is 1. The van der Waals surface area contributed by atoms with Crippen LogP contribution in [-0.4, -0.2) is 30.4 Å². The van der Waals surface area contributed by atoms with Crippen molar-refractivity contribution in [1.82, 2.24) is 4.90 Å². The quantitative estimate of drug-likeness (QED) is 0.745. The Balaban J connectivity index is 1.90. The molecule has 0 spiro atoms. The Hall–Kier alpha value is -2.02. The Morgan fingerprint density at radius 2 is 2.17 bits per heavy atom. The molecule has 0 amide bonds. The third kappa shape index (κ3) is 1.94. The SMILES string of the molecule is COc1ccc2c(c1)[C@]13CCN(C#N)[C@H](C2)[C@@H]1CC(C)(C)C(=O)C3. The molecule has 1 aromatic carbocycles. The second-order valence-electron chi connectivity index (χ2n) is 8.29. The number of fused-ring (bicyclic) bond motifs is 1. The minimum absolute atomic E-state index is 0.118. The molecule has 4 rings (SSSR count). The summed E-state index contributed by atoms with van der Waals surface area (Å²) in [4.78, 5) is 14.8. The third-order valence-corrected chi connectivity index (χ3v) is 6.75. The van der Waals surface area contributed by atoms with Crippen molar-refractivity contribution in [2.24, 2.45) is 11.3 Å². The highest BCUT2D eigenvalue weighted by atomic mass is 16.5. The van der Waals surface area contributed by atoms with Gasteiger partial charge in [-0.05, 0) is 48.4 Å². The summed E-state index contributed by atoms with van der Waals surface area (Å²) in [5.74, 6) is 1.58. The number of Topliss-reactive ketones (excluding diaryl/α,β-unsaturated/α-hetero) is 1. The van der Waals surface area contributed by atoms with Gasteiger partial charge in [-0.25, -0.2) is 0 Å². The van der Waals surface area contributed by atoms with E-state index >= 15 is 0 Å². The van der Waals surface area contributed by atoms with Crippen molar-refractivity contribution in [2.45, 2.75) is 51.0 Å². The first-order valence-electron chi connectivity index (χ1n) is 8.78. The summed E-state index contributed by atoms with van der Waals surface area (Å²) in [6, 6.07) is 6.49. The van der Waals surface area contributed by atoms with E-state index in [0.717, 1.165) is 31.6 Å². The summed E-state index contributed by atoms with van der Waals surface area (Å²) in [7, 11) is 1.69. The minimum Gasteiger partial charge on any atom is -0.497 e. The molecule has 2 aliphatic carbocycles. The van der Waals surface area contributed by atoms with Crippen LogP contribution in [0.15, 0.2) is 18.2 Å². The predicted molar refractivity (Wildman–Crippen MR) is 90.6 cm³/mol. The molecule has 1 heterocycles. The van der Waals surface area contributed by atoms with E-state index in [2.05, 4.69) is 32.2 Å². The number of piperidine rings is 1. The fraction of sp³-hybridized carbons (Fsp3) is 0.600. The van der Waals surface area contributed by atoms with Gasteiger partial charge < -0.3 is 9.64 Å². The second kappa shape index (κ2) is 4.99.